The number of rotatable bonds is 13. The van der Waals surface area contributed by atoms with Crippen molar-refractivity contribution >= 4 is 15.5 Å². The number of aromatic amines is 1. The van der Waals surface area contributed by atoms with Gasteiger partial charge in [0.1, 0.15) is 11.6 Å². The Morgan fingerprint density at radius 3 is 2.55 bits per heavy atom. The first-order chi connectivity index (χ1) is 19.2. The van der Waals surface area contributed by atoms with Gasteiger partial charge in [-0.15, -0.1) is 5.10 Å². The number of aliphatic hydroxyl groups excluding tert-OH is 1. The van der Waals surface area contributed by atoms with E-state index < -0.39 is 16.1 Å². The summed E-state index contributed by atoms with van der Waals surface area (Å²) < 4.78 is 36.0. The molecule has 0 radical (unpaired) electrons. The maximum atomic E-state index is 13.5. The van der Waals surface area contributed by atoms with E-state index in [0.29, 0.717) is 42.0 Å². The monoisotopic (exact) mass is 573 g/mol. The smallest absolute Gasteiger partial charge is 0.277 e. The Morgan fingerprint density at radius 1 is 1.12 bits per heavy atom. The molecule has 3 heterocycles. The maximum Gasteiger partial charge on any atom is 0.277 e. The lowest BCUT2D eigenvalue weighted by Gasteiger charge is -2.29. The molecule has 40 heavy (non-hydrogen) atoms. The first-order valence-electron chi connectivity index (χ1n) is 14.7. The zero-order valence-corrected chi connectivity index (χ0v) is 25.0. The number of sulfonamides is 1. The van der Waals surface area contributed by atoms with E-state index in [-0.39, 0.29) is 35.3 Å². The lowest BCUT2D eigenvalue weighted by atomic mass is 9.97. The zero-order chi connectivity index (χ0) is 28.9. The van der Waals surface area contributed by atoms with Gasteiger partial charge in [-0.25, -0.2) is 17.9 Å². The third-order valence-electron chi connectivity index (χ3n) is 7.69. The predicted molar refractivity (Wildman–Crippen MR) is 155 cm³/mol. The summed E-state index contributed by atoms with van der Waals surface area (Å²) in [5, 5.41) is 14.7. The number of aromatic nitrogens is 4. The number of unbranched alkanes of at least 4 members (excludes halogenated alkanes) is 3. The first-order valence-corrected chi connectivity index (χ1v) is 16.1. The van der Waals surface area contributed by atoms with Gasteiger partial charge in [-0.05, 0) is 57.2 Å². The minimum absolute atomic E-state index is 0.0925. The van der Waals surface area contributed by atoms with E-state index in [1.54, 1.807) is 10.6 Å². The van der Waals surface area contributed by atoms with Crippen LogP contribution in [0.3, 0.4) is 0 Å². The highest BCUT2D eigenvalue weighted by Crippen LogP contribution is 2.33. The molecule has 1 aromatic carbocycles. The number of benzene rings is 1. The van der Waals surface area contributed by atoms with Gasteiger partial charge in [0.05, 0.1) is 28.9 Å². The highest BCUT2D eigenvalue weighted by Gasteiger charge is 2.30. The molecule has 0 aliphatic carbocycles. The summed E-state index contributed by atoms with van der Waals surface area (Å²) >= 11 is 0. The zero-order valence-electron chi connectivity index (χ0n) is 24.1. The Balaban J connectivity index is 1.80. The Kier molecular flexibility index (Phi) is 10.0. The van der Waals surface area contributed by atoms with Gasteiger partial charge < -0.3 is 14.8 Å². The van der Waals surface area contributed by atoms with Crippen molar-refractivity contribution in [2.45, 2.75) is 102 Å². The summed E-state index contributed by atoms with van der Waals surface area (Å²) in [5.74, 6) is 1.58. The molecule has 1 unspecified atom stereocenters. The minimum atomic E-state index is -3.81. The van der Waals surface area contributed by atoms with Gasteiger partial charge in [-0.2, -0.15) is 4.31 Å². The van der Waals surface area contributed by atoms with E-state index in [1.807, 2.05) is 13.8 Å². The van der Waals surface area contributed by atoms with Crippen molar-refractivity contribution < 1.29 is 18.3 Å². The van der Waals surface area contributed by atoms with Crippen molar-refractivity contribution in [1.82, 2.24) is 23.9 Å². The molecular formula is C29H43N5O5S. The van der Waals surface area contributed by atoms with Crippen molar-refractivity contribution in [2.75, 3.05) is 19.7 Å². The largest absolute Gasteiger partial charge is 0.493 e. The molecule has 1 aliphatic rings. The number of aliphatic hydroxyl groups is 1. The average Bonchev–Trinajstić information content (AvgIpc) is 3.28. The van der Waals surface area contributed by atoms with E-state index in [4.69, 9.17) is 14.8 Å². The number of ether oxygens (including phenoxy) is 1. The van der Waals surface area contributed by atoms with Gasteiger partial charge >= 0.3 is 0 Å². The van der Waals surface area contributed by atoms with Gasteiger partial charge in [0.25, 0.3) is 5.56 Å². The molecule has 10 nitrogen and oxygen atoms in total. The highest BCUT2D eigenvalue weighted by atomic mass is 32.2. The Morgan fingerprint density at radius 2 is 1.88 bits per heavy atom. The molecule has 1 aliphatic heterocycles. The highest BCUT2D eigenvalue weighted by molar-refractivity contribution is 7.89. The topological polar surface area (TPSA) is 130 Å². The molecule has 0 bridgehead atoms. The molecule has 3 aromatic rings. The van der Waals surface area contributed by atoms with Crippen LogP contribution in [0.1, 0.15) is 96.0 Å². The number of nitrogens with zero attached hydrogens (tertiary/aromatic N) is 4. The van der Waals surface area contributed by atoms with Gasteiger partial charge in [-0.1, -0.05) is 46.5 Å². The number of fused-ring (bicyclic) bond motifs is 1. The van der Waals surface area contributed by atoms with Crippen molar-refractivity contribution in [1.29, 1.82) is 0 Å². The van der Waals surface area contributed by atoms with Crippen LogP contribution in [0.5, 0.6) is 5.75 Å². The number of aryl methyl sites for hydroxylation is 1. The summed E-state index contributed by atoms with van der Waals surface area (Å²) in [6.07, 6.45) is 7.50. The van der Waals surface area contributed by atoms with E-state index in [2.05, 4.69) is 18.8 Å². The summed E-state index contributed by atoms with van der Waals surface area (Å²) in [4.78, 5) is 21.1. The average molecular weight is 574 g/mol. The van der Waals surface area contributed by atoms with Crippen LogP contribution in [-0.4, -0.2) is 63.2 Å². The molecule has 2 aromatic heterocycles. The van der Waals surface area contributed by atoms with Crippen LogP contribution >= 0.6 is 0 Å². The third-order valence-corrected chi connectivity index (χ3v) is 9.59. The summed E-state index contributed by atoms with van der Waals surface area (Å²) in [5.41, 5.74) is 1.09. The lowest BCUT2D eigenvalue weighted by molar-refractivity contribution is 0.113. The quantitative estimate of drug-likeness (QED) is 0.281. The lowest BCUT2D eigenvalue weighted by Crippen LogP contribution is -2.40. The number of nitrogens with one attached hydrogen (secondary N) is 1. The second kappa shape index (κ2) is 13.3. The third kappa shape index (κ3) is 6.42. The molecule has 1 fully saturated rings. The fraction of sp³-hybridized carbons (Fsp3) is 0.621. The summed E-state index contributed by atoms with van der Waals surface area (Å²) in [6.45, 7) is 9.06. The molecule has 1 atom stereocenters. The molecule has 0 spiro atoms. The van der Waals surface area contributed by atoms with Gasteiger partial charge in [0.2, 0.25) is 10.0 Å². The first kappa shape index (κ1) is 30.2. The Bertz CT molecular complexity index is 1460. The van der Waals surface area contributed by atoms with E-state index in [9.17, 15) is 18.3 Å². The molecule has 0 saturated carbocycles. The van der Waals surface area contributed by atoms with Crippen LogP contribution in [-0.2, 0) is 10.0 Å². The van der Waals surface area contributed by atoms with Gasteiger partial charge in [-0.3, -0.25) is 4.79 Å². The van der Waals surface area contributed by atoms with Gasteiger partial charge in [0, 0.05) is 19.0 Å². The number of hydrogen-bond acceptors (Lipinski definition) is 7. The van der Waals surface area contributed by atoms with Crippen molar-refractivity contribution in [3.63, 3.8) is 0 Å². The maximum absolute atomic E-state index is 13.5. The van der Waals surface area contributed by atoms with E-state index >= 15 is 0 Å². The molecule has 11 heteroatoms. The van der Waals surface area contributed by atoms with Crippen LogP contribution in [0.2, 0.25) is 0 Å². The Hall–Kier alpha value is -2.76. The van der Waals surface area contributed by atoms with E-state index in [1.165, 1.54) is 29.3 Å². The minimum Gasteiger partial charge on any atom is -0.493 e. The normalized spacial score (nSPS) is 16.0. The van der Waals surface area contributed by atoms with Crippen LogP contribution in [0, 0.1) is 6.92 Å². The predicted octanol–water partition coefficient (Wildman–Crippen LogP) is 4.79. The molecule has 0 amide bonds. The Labute approximate surface area is 236 Å². The molecule has 2 N–H and O–H groups in total. The number of hydrogen-bond donors (Lipinski definition) is 2. The van der Waals surface area contributed by atoms with E-state index in [0.717, 1.165) is 37.9 Å². The van der Waals surface area contributed by atoms with Gasteiger partial charge in [0.15, 0.2) is 11.3 Å². The number of piperidine rings is 1. The molecule has 220 valence electrons. The SMILES string of the molecule is CCCCCCC(CC)c1nc(C)c2c(=O)[nH]c(-c3cc(S(=O)(=O)N4CCC(O)CC4)ccc3OCCC)nn12. The van der Waals surface area contributed by atoms with Crippen LogP contribution in [0.25, 0.3) is 16.9 Å². The van der Waals surface area contributed by atoms with Crippen LogP contribution < -0.4 is 10.3 Å². The van der Waals surface area contributed by atoms with Crippen molar-refractivity contribution in [3.05, 3.63) is 40.1 Å². The summed E-state index contributed by atoms with van der Waals surface area (Å²) in [7, 11) is -3.81. The second-order valence-electron chi connectivity index (χ2n) is 10.7. The fourth-order valence-electron chi connectivity index (χ4n) is 5.34. The second-order valence-corrected chi connectivity index (χ2v) is 12.7. The molecule has 1 saturated heterocycles. The number of H-pyrrole nitrogens is 1. The summed E-state index contributed by atoms with van der Waals surface area (Å²) in [6, 6.07) is 4.69. The van der Waals surface area contributed by atoms with Crippen molar-refractivity contribution in [3.8, 4) is 17.1 Å². The van der Waals surface area contributed by atoms with Crippen molar-refractivity contribution in [2.24, 2.45) is 0 Å². The van der Waals surface area contributed by atoms with Crippen LogP contribution in [0.15, 0.2) is 27.9 Å². The fourth-order valence-corrected chi connectivity index (χ4v) is 6.83. The number of imidazole rings is 1. The van der Waals surface area contributed by atoms with Crippen LogP contribution in [0.4, 0.5) is 0 Å². The standard InChI is InChI=1S/C29H43N5O5S/c1-5-8-9-10-11-21(7-3)28-30-20(4)26-29(36)31-27(32-34(26)28)24-19-23(12-13-25(24)39-18-6-2)40(37,38)33-16-14-22(35)15-17-33/h12-13,19,21-22,35H,5-11,14-18H2,1-4H3,(H,31,32,36). The molecule has 4 rings (SSSR count). The molecular weight excluding hydrogens is 530 g/mol.